The van der Waals surface area contributed by atoms with Gasteiger partial charge in [0.25, 0.3) is 0 Å². The zero-order valence-electron chi connectivity index (χ0n) is 11.5. The summed E-state index contributed by atoms with van der Waals surface area (Å²) in [5.41, 5.74) is 9.49. The second kappa shape index (κ2) is 7.74. The molecule has 0 aliphatic heterocycles. The first-order chi connectivity index (χ1) is 9.06. The summed E-state index contributed by atoms with van der Waals surface area (Å²) in [4.78, 5) is 0. The van der Waals surface area contributed by atoms with E-state index in [2.05, 4.69) is 25.3 Å². The summed E-state index contributed by atoms with van der Waals surface area (Å²) in [6, 6.07) is 5.91. The zero-order valence-corrected chi connectivity index (χ0v) is 12.4. The highest BCUT2D eigenvalue weighted by molar-refractivity contribution is 7.83. The molecule has 0 saturated heterocycles. The summed E-state index contributed by atoms with van der Waals surface area (Å²) in [5.74, 6) is 0.826. The molecule has 1 aromatic rings. The molecule has 0 fully saturated rings. The third-order valence-electron chi connectivity index (χ3n) is 2.74. The number of rotatable bonds is 6. The molecule has 19 heavy (non-hydrogen) atoms. The van der Waals surface area contributed by atoms with Crippen molar-refractivity contribution in [1.82, 2.24) is 0 Å². The van der Waals surface area contributed by atoms with E-state index in [4.69, 9.17) is 10.5 Å². The second-order valence-electron chi connectivity index (χ2n) is 4.34. The minimum absolute atomic E-state index is 0.556. The fourth-order valence-electron chi connectivity index (χ4n) is 1.72. The molecule has 0 spiro atoms. The average Bonchev–Trinajstić information content (AvgIpc) is 2.37. The van der Waals surface area contributed by atoms with Crippen molar-refractivity contribution < 1.29 is 4.74 Å². The van der Waals surface area contributed by atoms with Crippen LogP contribution in [0.4, 0.5) is 0 Å². The van der Waals surface area contributed by atoms with E-state index in [1.54, 1.807) is 5.41 Å². The fraction of sp³-hybridized carbons (Fsp3) is 0.250. The Morgan fingerprint density at radius 1 is 1.42 bits per heavy atom. The van der Waals surface area contributed by atoms with Gasteiger partial charge in [0.2, 0.25) is 0 Å². The Morgan fingerprint density at radius 2 is 2.16 bits per heavy atom. The van der Waals surface area contributed by atoms with E-state index < -0.39 is 0 Å². The molecule has 0 bridgehead atoms. The molecule has 0 amide bonds. The van der Waals surface area contributed by atoms with Gasteiger partial charge in [-0.15, -0.1) is 0 Å². The monoisotopic (exact) mass is 275 g/mol. The van der Waals surface area contributed by atoms with Crippen LogP contribution in [0.15, 0.2) is 47.9 Å². The van der Waals surface area contributed by atoms with Crippen molar-refractivity contribution in [1.29, 1.82) is 0 Å². The number of benzene rings is 1. The van der Waals surface area contributed by atoms with Crippen LogP contribution in [0.1, 0.15) is 24.5 Å². The molecule has 0 radical (unpaired) electrons. The number of ether oxygens (including phenoxy) is 1. The maximum absolute atomic E-state index is 5.76. The topological polar surface area (TPSA) is 35.2 Å². The molecule has 0 saturated carbocycles. The van der Waals surface area contributed by atoms with Crippen molar-refractivity contribution in [2.75, 3.05) is 6.61 Å². The molecule has 1 rings (SSSR count). The summed E-state index contributed by atoms with van der Waals surface area (Å²) in [7, 11) is 0. The van der Waals surface area contributed by atoms with Crippen LogP contribution in [0, 0.1) is 6.92 Å². The number of hydrogen-bond acceptors (Lipinski definition) is 3. The van der Waals surface area contributed by atoms with Gasteiger partial charge < -0.3 is 10.5 Å². The first-order valence-corrected chi connectivity index (χ1v) is 6.73. The van der Waals surface area contributed by atoms with Gasteiger partial charge in [0.05, 0.1) is 6.61 Å². The van der Waals surface area contributed by atoms with Gasteiger partial charge in [-0.3, -0.25) is 0 Å². The van der Waals surface area contributed by atoms with Gasteiger partial charge in [0.15, 0.2) is 0 Å². The number of thiol groups is 1. The van der Waals surface area contributed by atoms with E-state index in [9.17, 15) is 0 Å². The Labute approximate surface area is 121 Å². The lowest BCUT2D eigenvalue weighted by atomic mass is 10.1. The number of nitrogens with two attached hydrogens (primary N) is 1. The van der Waals surface area contributed by atoms with Gasteiger partial charge >= 0.3 is 0 Å². The third kappa shape index (κ3) is 5.26. The van der Waals surface area contributed by atoms with Crippen LogP contribution in [-0.4, -0.2) is 6.61 Å². The highest BCUT2D eigenvalue weighted by Gasteiger charge is 2.01. The van der Waals surface area contributed by atoms with Gasteiger partial charge in [0.1, 0.15) is 5.75 Å². The summed E-state index contributed by atoms with van der Waals surface area (Å²) >= 11 is 4.07. The zero-order chi connectivity index (χ0) is 14.3. The number of hydrogen-bond donors (Lipinski definition) is 2. The average molecular weight is 275 g/mol. The van der Waals surface area contributed by atoms with Crippen LogP contribution < -0.4 is 10.5 Å². The molecule has 2 N–H and O–H groups in total. The molecular formula is C16H21NOS. The Morgan fingerprint density at radius 3 is 2.74 bits per heavy atom. The smallest absolute Gasteiger partial charge is 0.120 e. The largest absolute Gasteiger partial charge is 0.493 e. The molecule has 0 atom stereocenters. The lowest BCUT2D eigenvalue weighted by Gasteiger charge is -2.10. The van der Waals surface area contributed by atoms with Crippen LogP contribution in [0.2, 0.25) is 0 Å². The Hall–Kier alpha value is -1.61. The second-order valence-corrected chi connectivity index (χ2v) is 4.64. The van der Waals surface area contributed by atoms with Crippen molar-refractivity contribution in [3.63, 3.8) is 0 Å². The van der Waals surface area contributed by atoms with Gasteiger partial charge in [-0.05, 0) is 48.6 Å². The van der Waals surface area contributed by atoms with E-state index in [0.29, 0.717) is 12.3 Å². The van der Waals surface area contributed by atoms with E-state index in [1.165, 1.54) is 5.57 Å². The third-order valence-corrected chi connectivity index (χ3v) is 2.89. The van der Waals surface area contributed by atoms with Crippen molar-refractivity contribution >= 4 is 18.3 Å². The molecule has 0 aromatic heterocycles. The van der Waals surface area contributed by atoms with Gasteiger partial charge in [-0.1, -0.05) is 18.7 Å². The summed E-state index contributed by atoms with van der Waals surface area (Å²) in [5, 5.41) is 1.73. The van der Waals surface area contributed by atoms with Crippen molar-refractivity contribution in [3.8, 4) is 5.75 Å². The van der Waals surface area contributed by atoms with E-state index in [0.717, 1.165) is 23.3 Å². The summed E-state index contributed by atoms with van der Waals surface area (Å²) in [6.45, 7) is 8.39. The SMILES string of the molecule is C=C(N)c1cc(C)cc(OCCC(/C=C\S)=C/C)c1. The van der Waals surface area contributed by atoms with Crippen LogP contribution in [-0.2, 0) is 0 Å². The van der Waals surface area contributed by atoms with Gasteiger partial charge in [-0.25, -0.2) is 0 Å². The molecule has 102 valence electrons. The molecule has 0 aliphatic rings. The number of allylic oxidation sites excluding steroid dienone is 2. The predicted octanol–water partition coefficient (Wildman–Crippen LogP) is 4.08. The summed E-state index contributed by atoms with van der Waals surface area (Å²) in [6.07, 6.45) is 4.87. The standard InChI is InChI=1S/C16H21NOS/c1-4-14(6-8-19)5-7-18-16-10-12(2)9-15(11-16)13(3)17/h4,6,8-11,19H,3,5,7,17H2,1-2H3/b8-6-,14-4-. The van der Waals surface area contributed by atoms with Crippen LogP contribution >= 0.6 is 12.6 Å². The molecule has 0 heterocycles. The Balaban J connectivity index is 2.65. The quantitative estimate of drug-likeness (QED) is 0.606. The molecule has 0 unspecified atom stereocenters. The van der Waals surface area contributed by atoms with E-state index in [1.807, 2.05) is 38.1 Å². The van der Waals surface area contributed by atoms with Gasteiger partial charge in [-0.2, -0.15) is 12.6 Å². The van der Waals surface area contributed by atoms with E-state index in [-0.39, 0.29) is 0 Å². The highest BCUT2D eigenvalue weighted by atomic mass is 32.1. The van der Waals surface area contributed by atoms with Crippen LogP contribution in [0.3, 0.4) is 0 Å². The molecule has 1 aromatic carbocycles. The number of aryl methyl sites for hydroxylation is 1. The normalized spacial score (nSPS) is 11.8. The van der Waals surface area contributed by atoms with Crippen LogP contribution in [0.25, 0.3) is 5.70 Å². The van der Waals surface area contributed by atoms with Crippen molar-refractivity contribution in [2.45, 2.75) is 20.3 Å². The van der Waals surface area contributed by atoms with Crippen LogP contribution in [0.5, 0.6) is 5.75 Å². The lowest BCUT2D eigenvalue weighted by Crippen LogP contribution is -2.00. The molecule has 2 nitrogen and oxygen atoms in total. The minimum atomic E-state index is 0.556. The van der Waals surface area contributed by atoms with E-state index >= 15 is 0 Å². The molecule has 0 aliphatic carbocycles. The molecular weight excluding hydrogens is 254 g/mol. The maximum Gasteiger partial charge on any atom is 0.120 e. The minimum Gasteiger partial charge on any atom is -0.493 e. The Kier molecular flexibility index (Phi) is 6.30. The maximum atomic E-state index is 5.76. The predicted molar refractivity (Wildman–Crippen MR) is 86.4 cm³/mol. The first kappa shape index (κ1) is 15.4. The molecule has 3 heteroatoms. The van der Waals surface area contributed by atoms with Gasteiger partial charge in [0, 0.05) is 17.7 Å². The lowest BCUT2D eigenvalue weighted by molar-refractivity contribution is 0.322. The van der Waals surface area contributed by atoms with Crippen molar-refractivity contribution in [3.05, 3.63) is 59.0 Å². The summed E-state index contributed by atoms with van der Waals surface area (Å²) < 4.78 is 5.76. The highest BCUT2D eigenvalue weighted by Crippen LogP contribution is 2.20. The van der Waals surface area contributed by atoms with Crippen molar-refractivity contribution in [2.24, 2.45) is 5.73 Å². The Bertz CT molecular complexity index is 503. The fourth-order valence-corrected chi connectivity index (χ4v) is 1.91. The first-order valence-electron chi connectivity index (χ1n) is 6.22.